The van der Waals surface area contributed by atoms with Gasteiger partial charge in [0.05, 0.1) is 23.4 Å². The number of likely N-dealkylation sites (tertiary alicyclic amines) is 1. The number of ether oxygens (including phenoxy) is 1. The number of fused-ring (bicyclic) bond motifs is 1. The molecule has 4 heterocycles. The van der Waals surface area contributed by atoms with Crippen LogP contribution in [-0.4, -0.2) is 88.1 Å². The van der Waals surface area contributed by atoms with Crippen molar-refractivity contribution in [3.8, 4) is 0 Å². The number of hydrogen-bond acceptors (Lipinski definition) is 6. The maximum Gasteiger partial charge on any atom is 0.409 e. The van der Waals surface area contributed by atoms with Crippen molar-refractivity contribution in [1.82, 2.24) is 19.4 Å². The van der Waals surface area contributed by atoms with E-state index in [9.17, 15) is 9.90 Å². The lowest BCUT2D eigenvalue weighted by Gasteiger charge is -2.35. The molecule has 2 saturated heterocycles. The second-order valence-electron chi connectivity index (χ2n) is 10.2. The van der Waals surface area contributed by atoms with Crippen LogP contribution in [0, 0.1) is 5.92 Å². The highest BCUT2D eigenvalue weighted by Crippen LogP contribution is 2.37. The third-order valence-corrected chi connectivity index (χ3v) is 7.80. The molecule has 1 N–H and O–H groups in total. The summed E-state index contributed by atoms with van der Waals surface area (Å²) in [6.07, 6.45) is 12.0. The van der Waals surface area contributed by atoms with Crippen molar-refractivity contribution in [2.75, 3.05) is 50.8 Å². The van der Waals surface area contributed by atoms with Crippen molar-refractivity contribution in [1.29, 1.82) is 0 Å². The molecule has 0 radical (unpaired) electrons. The van der Waals surface area contributed by atoms with Crippen LogP contribution in [0.15, 0.2) is 42.8 Å². The number of nitrogens with zero attached hydrogens (tertiary/aromatic N) is 5. The lowest BCUT2D eigenvalue weighted by Crippen LogP contribution is -2.49. The molecule has 3 aliphatic rings. The lowest BCUT2D eigenvalue weighted by molar-refractivity contribution is 0.00701. The van der Waals surface area contributed by atoms with Gasteiger partial charge in [0.25, 0.3) is 0 Å². The molecule has 0 saturated carbocycles. The molecule has 1 unspecified atom stereocenters. The zero-order valence-electron chi connectivity index (χ0n) is 21.1. The van der Waals surface area contributed by atoms with Crippen molar-refractivity contribution in [2.24, 2.45) is 5.92 Å². The number of aliphatic hydroxyl groups is 1. The van der Waals surface area contributed by atoms with Crippen LogP contribution in [0.1, 0.15) is 39.2 Å². The second kappa shape index (κ2) is 9.66. The summed E-state index contributed by atoms with van der Waals surface area (Å²) in [5.41, 5.74) is 3.85. The average Bonchev–Trinajstić information content (AvgIpc) is 3.49. The van der Waals surface area contributed by atoms with E-state index in [1.807, 2.05) is 17.6 Å². The molecule has 1 aliphatic carbocycles. The van der Waals surface area contributed by atoms with Gasteiger partial charge in [-0.3, -0.25) is 4.90 Å². The molecule has 8 nitrogen and oxygen atoms in total. The number of anilines is 1. The Hall–Kier alpha value is -2.84. The smallest absolute Gasteiger partial charge is 0.409 e. The van der Waals surface area contributed by atoms with Gasteiger partial charge in [0, 0.05) is 69.2 Å². The van der Waals surface area contributed by atoms with Crippen molar-refractivity contribution in [3.63, 3.8) is 0 Å². The van der Waals surface area contributed by atoms with E-state index in [1.165, 1.54) is 5.57 Å². The molecule has 0 spiro atoms. The van der Waals surface area contributed by atoms with Gasteiger partial charge in [-0.25, -0.2) is 9.31 Å². The Bertz CT molecular complexity index is 1130. The summed E-state index contributed by atoms with van der Waals surface area (Å²) in [6.45, 7) is 11.1. The number of piperazine rings is 1. The topological polar surface area (TPSA) is 73.5 Å². The number of aromatic nitrogens is 2. The maximum atomic E-state index is 12.0. The third-order valence-electron chi connectivity index (χ3n) is 7.80. The molecular formula is C27H37N5O3. The summed E-state index contributed by atoms with van der Waals surface area (Å²) in [7, 11) is 0. The normalized spacial score (nSPS) is 25.5. The molecule has 2 aliphatic heterocycles. The van der Waals surface area contributed by atoms with E-state index < -0.39 is 5.60 Å². The predicted octanol–water partition coefficient (Wildman–Crippen LogP) is 3.42. The lowest BCUT2D eigenvalue weighted by atomic mass is 9.80. The van der Waals surface area contributed by atoms with Crippen LogP contribution in [-0.2, 0) is 4.74 Å². The van der Waals surface area contributed by atoms with E-state index in [0.717, 1.165) is 55.8 Å². The van der Waals surface area contributed by atoms with E-state index in [4.69, 9.17) is 4.74 Å². The molecule has 2 aromatic rings. The van der Waals surface area contributed by atoms with Gasteiger partial charge in [-0.15, -0.1) is 0 Å². The van der Waals surface area contributed by atoms with Gasteiger partial charge in [-0.1, -0.05) is 18.2 Å². The first kappa shape index (κ1) is 23.9. The average molecular weight is 480 g/mol. The van der Waals surface area contributed by atoms with Crippen LogP contribution in [0.4, 0.5) is 10.5 Å². The highest BCUT2D eigenvalue weighted by atomic mass is 16.6. The second-order valence-corrected chi connectivity index (χ2v) is 10.2. The Morgan fingerprint density at radius 1 is 1.26 bits per heavy atom. The van der Waals surface area contributed by atoms with E-state index in [2.05, 4.69) is 65.3 Å². The Labute approximate surface area is 207 Å². The maximum absolute atomic E-state index is 12.0. The van der Waals surface area contributed by atoms with Crippen molar-refractivity contribution in [2.45, 2.75) is 45.3 Å². The third kappa shape index (κ3) is 4.69. The first-order valence-corrected chi connectivity index (χ1v) is 12.9. The number of rotatable bonds is 5. The zero-order valence-corrected chi connectivity index (χ0v) is 21.1. The van der Waals surface area contributed by atoms with Gasteiger partial charge >= 0.3 is 6.09 Å². The summed E-state index contributed by atoms with van der Waals surface area (Å²) in [6, 6.07) is 4.71. The molecule has 188 valence electrons. The van der Waals surface area contributed by atoms with Gasteiger partial charge in [0.1, 0.15) is 0 Å². The minimum absolute atomic E-state index is 0.149. The van der Waals surface area contributed by atoms with Crippen LogP contribution in [0.5, 0.6) is 0 Å². The largest absolute Gasteiger partial charge is 0.450 e. The number of carbonyl (C=O) groups is 1. The molecule has 8 heteroatoms. The van der Waals surface area contributed by atoms with E-state index in [1.54, 1.807) is 4.90 Å². The highest BCUT2D eigenvalue weighted by Gasteiger charge is 2.42. The van der Waals surface area contributed by atoms with Crippen molar-refractivity contribution >= 4 is 22.9 Å². The Balaban J connectivity index is 1.29. The van der Waals surface area contributed by atoms with Gasteiger partial charge in [-0.2, -0.15) is 5.10 Å². The number of allylic oxidation sites excluding steroid dienone is 3. The monoisotopic (exact) mass is 479 g/mol. The van der Waals surface area contributed by atoms with E-state index in [0.29, 0.717) is 25.7 Å². The molecule has 1 amide bonds. The van der Waals surface area contributed by atoms with Gasteiger partial charge in [0.15, 0.2) is 0 Å². The van der Waals surface area contributed by atoms with Crippen molar-refractivity contribution in [3.05, 3.63) is 48.3 Å². The molecule has 0 aromatic carbocycles. The fourth-order valence-corrected chi connectivity index (χ4v) is 5.59. The zero-order chi connectivity index (χ0) is 24.6. The molecule has 2 fully saturated rings. The number of amides is 1. The Kier molecular flexibility index (Phi) is 6.59. The Morgan fingerprint density at radius 2 is 2.06 bits per heavy atom. The van der Waals surface area contributed by atoms with Gasteiger partial charge < -0.3 is 19.6 Å². The molecule has 2 aromatic heterocycles. The van der Waals surface area contributed by atoms with Crippen LogP contribution in [0.3, 0.4) is 0 Å². The fraction of sp³-hybridized carbons (Fsp3) is 0.556. The molecule has 5 rings (SSSR count). The van der Waals surface area contributed by atoms with Crippen LogP contribution >= 0.6 is 0 Å². The standard InChI is InChI=1S/C27H37N5O3/c1-4-35-26(33)30-15-13-29(14-16-30)24-9-11-28-32-18-22(17-25(24)32)21-5-7-23(8-6-21)27(34)10-12-31(19-27)20(2)3/h5-7,9,11,17-18,20,23,34H,4,8,10,12-16,19H2,1-3H3/t23?,27-/m1/s1. The predicted molar refractivity (Wildman–Crippen MR) is 137 cm³/mol. The number of β-amino-alcohol motifs (C(OH)–C–C–N with tert-alkyl or cyclic N) is 1. The first-order chi connectivity index (χ1) is 16.9. The first-order valence-electron chi connectivity index (χ1n) is 12.9. The van der Waals surface area contributed by atoms with Crippen molar-refractivity contribution < 1.29 is 14.6 Å². The van der Waals surface area contributed by atoms with Gasteiger partial charge in [-0.05, 0) is 51.3 Å². The Morgan fingerprint density at radius 3 is 2.71 bits per heavy atom. The van der Waals surface area contributed by atoms with Crippen LogP contribution in [0.25, 0.3) is 11.1 Å². The van der Waals surface area contributed by atoms with E-state index in [-0.39, 0.29) is 12.0 Å². The molecule has 35 heavy (non-hydrogen) atoms. The minimum Gasteiger partial charge on any atom is -0.450 e. The number of hydrogen-bond donors (Lipinski definition) is 1. The highest BCUT2D eigenvalue weighted by molar-refractivity contribution is 5.82. The summed E-state index contributed by atoms with van der Waals surface area (Å²) >= 11 is 0. The van der Waals surface area contributed by atoms with Gasteiger partial charge in [0.2, 0.25) is 0 Å². The van der Waals surface area contributed by atoms with Crippen LogP contribution in [0.2, 0.25) is 0 Å². The summed E-state index contributed by atoms with van der Waals surface area (Å²) in [4.78, 5) is 18.5. The summed E-state index contributed by atoms with van der Waals surface area (Å²) in [5, 5.41) is 15.8. The van der Waals surface area contributed by atoms with Crippen LogP contribution < -0.4 is 4.90 Å². The molecule has 0 bridgehead atoms. The minimum atomic E-state index is -0.644. The SMILES string of the molecule is CCOC(=O)N1CCN(c2ccnn3cc(C4=CCC([C@@]5(O)CCN(C(C)C)C5)C=C4)cc23)CC1. The molecule has 2 atom stereocenters. The number of carbonyl (C=O) groups excluding carboxylic acids is 1. The summed E-state index contributed by atoms with van der Waals surface area (Å²) in [5.74, 6) is 0.149. The quantitative estimate of drug-likeness (QED) is 0.709. The fourth-order valence-electron chi connectivity index (χ4n) is 5.59. The van der Waals surface area contributed by atoms with E-state index >= 15 is 0 Å². The molecular weight excluding hydrogens is 442 g/mol. The summed E-state index contributed by atoms with van der Waals surface area (Å²) < 4.78 is 7.09.